The monoisotopic (exact) mass is 346 g/mol. The number of thioether (sulfide) groups is 1. The van der Waals surface area contributed by atoms with Crippen LogP contribution in [0.3, 0.4) is 0 Å². The maximum atomic E-state index is 12.3. The summed E-state index contributed by atoms with van der Waals surface area (Å²) in [6.45, 7) is 3.41. The molecule has 130 valence electrons. The number of carbonyl (C=O) groups is 1. The molecule has 1 saturated heterocycles. The zero-order valence-corrected chi connectivity index (χ0v) is 15.2. The Hall–Kier alpha value is -1.46. The number of para-hydroxylation sites is 1. The van der Waals surface area contributed by atoms with Gasteiger partial charge in [0.2, 0.25) is 5.91 Å². The predicted molar refractivity (Wildman–Crippen MR) is 101 cm³/mol. The average Bonchev–Trinajstić information content (AvgIpc) is 2.99. The van der Waals surface area contributed by atoms with Gasteiger partial charge in [0.25, 0.3) is 0 Å². The van der Waals surface area contributed by atoms with Crippen molar-refractivity contribution in [2.75, 3.05) is 38.3 Å². The fraction of sp³-hybridized carbons (Fsp3) is 0.526. The highest BCUT2D eigenvalue weighted by molar-refractivity contribution is 7.99. The molecule has 0 unspecified atom stereocenters. The third-order valence-corrected chi connectivity index (χ3v) is 5.55. The van der Waals surface area contributed by atoms with Gasteiger partial charge >= 0.3 is 0 Å². The molecule has 0 spiro atoms. The smallest absolute Gasteiger partial charge is 0.222 e. The maximum absolute atomic E-state index is 12.3. The van der Waals surface area contributed by atoms with Crippen LogP contribution in [0.15, 0.2) is 30.5 Å². The number of benzene rings is 1. The fourth-order valence-corrected chi connectivity index (χ4v) is 4.20. The molecular weight excluding hydrogens is 320 g/mol. The van der Waals surface area contributed by atoms with Gasteiger partial charge in [0, 0.05) is 61.8 Å². The number of aromatic nitrogens is 1. The van der Waals surface area contributed by atoms with Crippen LogP contribution in [-0.4, -0.2) is 53.7 Å². The Balaban J connectivity index is 1.61. The third kappa shape index (κ3) is 4.14. The Bertz CT molecular complexity index is 677. The van der Waals surface area contributed by atoms with Crippen molar-refractivity contribution in [1.82, 2.24) is 9.47 Å². The molecule has 5 heteroatoms. The van der Waals surface area contributed by atoms with E-state index < -0.39 is 0 Å². The van der Waals surface area contributed by atoms with Crippen LogP contribution in [0.4, 0.5) is 0 Å². The van der Waals surface area contributed by atoms with Gasteiger partial charge < -0.3 is 14.2 Å². The lowest BCUT2D eigenvalue weighted by atomic mass is 10.1. The van der Waals surface area contributed by atoms with E-state index >= 15 is 0 Å². The zero-order chi connectivity index (χ0) is 16.8. The molecule has 0 radical (unpaired) electrons. The van der Waals surface area contributed by atoms with Gasteiger partial charge in [0.05, 0.1) is 6.61 Å². The lowest BCUT2D eigenvalue weighted by Gasteiger charge is -2.26. The number of ether oxygens (including phenoxy) is 1. The normalized spacial score (nSPS) is 15.1. The van der Waals surface area contributed by atoms with E-state index in [1.54, 1.807) is 7.11 Å². The molecule has 1 aliphatic rings. The molecule has 0 bridgehead atoms. The highest BCUT2D eigenvalue weighted by Gasteiger charge is 2.16. The quantitative estimate of drug-likeness (QED) is 0.772. The van der Waals surface area contributed by atoms with E-state index in [0.717, 1.165) is 44.0 Å². The molecule has 1 aromatic heterocycles. The van der Waals surface area contributed by atoms with Crippen LogP contribution < -0.4 is 0 Å². The number of nitrogens with zero attached hydrogens (tertiary/aromatic N) is 2. The van der Waals surface area contributed by atoms with Crippen LogP contribution >= 0.6 is 11.8 Å². The minimum absolute atomic E-state index is 0.318. The summed E-state index contributed by atoms with van der Waals surface area (Å²) in [5.74, 6) is 2.48. The molecule has 3 rings (SSSR count). The van der Waals surface area contributed by atoms with Gasteiger partial charge in [-0.25, -0.2) is 0 Å². The van der Waals surface area contributed by atoms with E-state index in [1.807, 2.05) is 16.7 Å². The van der Waals surface area contributed by atoms with Gasteiger partial charge in [-0.15, -0.1) is 0 Å². The number of fused-ring (bicyclic) bond motifs is 1. The molecule has 2 aromatic rings. The molecule has 24 heavy (non-hydrogen) atoms. The molecule has 1 aliphatic heterocycles. The first kappa shape index (κ1) is 17.4. The fourth-order valence-electron chi connectivity index (χ4n) is 3.30. The number of amides is 1. The molecule has 0 saturated carbocycles. The van der Waals surface area contributed by atoms with Crippen LogP contribution in [0, 0.1) is 0 Å². The summed E-state index contributed by atoms with van der Waals surface area (Å²) in [5, 5.41) is 1.30. The molecule has 1 aromatic carbocycles. The van der Waals surface area contributed by atoms with Crippen molar-refractivity contribution in [1.29, 1.82) is 0 Å². The van der Waals surface area contributed by atoms with Crippen LogP contribution in [0.5, 0.6) is 0 Å². The number of methoxy groups -OCH3 is 1. The Labute approximate surface area is 148 Å². The maximum Gasteiger partial charge on any atom is 0.222 e. The minimum atomic E-state index is 0.318. The summed E-state index contributed by atoms with van der Waals surface area (Å²) in [6.07, 6.45) is 4.75. The van der Waals surface area contributed by atoms with Crippen LogP contribution in [0.1, 0.15) is 18.4 Å². The first-order valence-corrected chi connectivity index (χ1v) is 9.86. The number of hydrogen-bond donors (Lipinski definition) is 0. The molecule has 4 nitrogen and oxygen atoms in total. The Morgan fingerprint density at radius 1 is 1.25 bits per heavy atom. The second-order valence-corrected chi connectivity index (χ2v) is 7.43. The highest BCUT2D eigenvalue weighted by atomic mass is 32.2. The van der Waals surface area contributed by atoms with Gasteiger partial charge in [0.15, 0.2) is 0 Å². The lowest BCUT2D eigenvalue weighted by Crippen LogP contribution is -2.37. The van der Waals surface area contributed by atoms with Crippen molar-refractivity contribution in [3.8, 4) is 0 Å². The molecule has 1 amide bonds. The Morgan fingerprint density at radius 2 is 2.04 bits per heavy atom. The van der Waals surface area contributed by atoms with Gasteiger partial charge in [-0.05, 0) is 24.5 Å². The molecular formula is C19H26N2O2S. The van der Waals surface area contributed by atoms with Crippen molar-refractivity contribution < 1.29 is 9.53 Å². The standard InChI is InChI=1S/C19H26N2O2S/c1-23-12-9-21-15-16(17-6-2-3-7-18(17)21)5-4-8-19(22)20-10-13-24-14-11-20/h2-3,6-7,15H,4-5,8-14H2,1H3. The summed E-state index contributed by atoms with van der Waals surface area (Å²) in [6, 6.07) is 8.50. The van der Waals surface area contributed by atoms with Gasteiger partial charge in [-0.2, -0.15) is 11.8 Å². The third-order valence-electron chi connectivity index (χ3n) is 4.61. The number of hydrogen-bond acceptors (Lipinski definition) is 3. The average molecular weight is 346 g/mol. The molecule has 0 aliphatic carbocycles. The Morgan fingerprint density at radius 3 is 2.83 bits per heavy atom. The first-order chi connectivity index (χ1) is 11.8. The van der Waals surface area contributed by atoms with Crippen molar-refractivity contribution in [2.45, 2.75) is 25.8 Å². The van der Waals surface area contributed by atoms with Crippen molar-refractivity contribution in [3.63, 3.8) is 0 Å². The van der Waals surface area contributed by atoms with Crippen molar-refractivity contribution >= 4 is 28.6 Å². The van der Waals surface area contributed by atoms with Crippen LogP contribution in [0.25, 0.3) is 10.9 Å². The van der Waals surface area contributed by atoms with Gasteiger partial charge in [-0.1, -0.05) is 18.2 Å². The summed E-state index contributed by atoms with van der Waals surface area (Å²) >= 11 is 1.94. The minimum Gasteiger partial charge on any atom is -0.383 e. The first-order valence-electron chi connectivity index (χ1n) is 8.71. The summed E-state index contributed by atoms with van der Waals surface area (Å²) in [5.41, 5.74) is 2.59. The molecule has 0 atom stereocenters. The largest absolute Gasteiger partial charge is 0.383 e. The van der Waals surface area contributed by atoms with E-state index in [9.17, 15) is 4.79 Å². The summed E-state index contributed by atoms with van der Waals surface area (Å²) in [4.78, 5) is 14.3. The lowest BCUT2D eigenvalue weighted by molar-refractivity contribution is -0.130. The summed E-state index contributed by atoms with van der Waals surface area (Å²) in [7, 11) is 1.73. The number of rotatable bonds is 7. The summed E-state index contributed by atoms with van der Waals surface area (Å²) < 4.78 is 7.47. The highest BCUT2D eigenvalue weighted by Crippen LogP contribution is 2.23. The van der Waals surface area contributed by atoms with E-state index in [2.05, 4.69) is 35.0 Å². The van der Waals surface area contributed by atoms with E-state index in [4.69, 9.17) is 4.74 Å². The van der Waals surface area contributed by atoms with Gasteiger partial charge in [0.1, 0.15) is 0 Å². The van der Waals surface area contributed by atoms with E-state index in [1.165, 1.54) is 16.5 Å². The second-order valence-electron chi connectivity index (χ2n) is 6.20. The molecule has 2 heterocycles. The zero-order valence-electron chi connectivity index (χ0n) is 14.4. The predicted octanol–water partition coefficient (Wildman–Crippen LogP) is 3.19. The number of aryl methyl sites for hydroxylation is 1. The topological polar surface area (TPSA) is 34.5 Å². The van der Waals surface area contributed by atoms with Crippen LogP contribution in [0.2, 0.25) is 0 Å². The van der Waals surface area contributed by atoms with Crippen molar-refractivity contribution in [3.05, 3.63) is 36.0 Å². The van der Waals surface area contributed by atoms with E-state index in [-0.39, 0.29) is 0 Å². The second kappa shape index (κ2) is 8.58. The van der Waals surface area contributed by atoms with Crippen LogP contribution in [-0.2, 0) is 22.5 Å². The van der Waals surface area contributed by atoms with E-state index in [0.29, 0.717) is 18.9 Å². The Kier molecular flexibility index (Phi) is 6.21. The molecule has 0 N–H and O–H groups in total. The SMILES string of the molecule is COCCn1cc(CCCC(=O)N2CCSCC2)c2ccccc21. The van der Waals surface area contributed by atoms with Crippen molar-refractivity contribution in [2.24, 2.45) is 0 Å². The molecule has 1 fully saturated rings. The number of carbonyl (C=O) groups excluding carboxylic acids is 1. The van der Waals surface area contributed by atoms with Gasteiger partial charge in [-0.3, -0.25) is 4.79 Å².